The summed E-state index contributed by atoms with van der Waals surface area (Å²) in [6, 6.07) is 9.53. The number of hydrogen-bond acceptors (Lipinski definition) is 4. The summed E-state index contributed by atoms with van der Waals surface area (Å²) in [4.78, 5) is 13.8. The van der Waals surface area contributed by atoms with Crippen LogP contribution in [0.4, 0.5) is 0 Å². The Morgan fingerprint density at radius 2 is 2.00 bits per heavy atom. The predicted octanol–water partition coefficient (Wildman–Crippen LogP) is 1.96. The van der Waals surface area contributed by atoms with Gasteiger partial charge in [0.05, 0.1) is 17.7 Å². The quantitative estimate of drug-likeness (QED) is 0.864. The minimum absolute atomic E-state index is 0.134. The monoisotopic (exact) mass is 293 g/mol. The van der Waals surface area contributed by atoms with Crippen LogP contribution in [0.2, 0.25) is 0 Å². The number of sulfone groups is 1. The number of carbonyl (C=O) groups excluding carboxylic acids is 1. The summed E-state index contributed by atoms with van der Waals surface area (Å²) in [6.07, 6.45) is 2.65. The third kappa shape index (κ3) is 3.27. The van der Waals surface area contributed by atoms with E-state index < -0.39 is 9.84 Å². The highest BCUT2D eigenvalue weighted by molar-refractivity contribution is 7.90. The Morgan fingerprint density at radius 3 is 2.60 bits per heavy atom. The highest BCUT2D eigenvalue weighted by Crippen LogP contribution is 2.14. The summed E-state index contributed by atoms with van der Waals surface area (Å²) in [5, 5.41) is 0. The summed E-state index contributed by atoms with van der Waals surface area (Å²) in [6.45, 7) is 0.328. The molecule has 2 rings (SSSR count). The third-order valence-corrected chi connectivity index (χ3v) is 3.94. The molecule has 106 valence electrons. The van der Waals surface area contributed by atoms with Crippen LogP contribution in [0.15, 0.2) is 52.0 Å². The number of hydrogen-bond donors (Lipinski definition) is 0. The summed E-state index contributed by atoms with van der Waals surface area (Å²) < 4.78 is 28.2. The van der Waals surface area contributed by atoms with Crippen LogP contribution in [-0.4, -0.2) is 32.5 Å². The molecular weight excluding hydrogens is 278 g/mol. The Kier molecular flexibility index (Phi) is 3.94. The highest BCUT2D eigenvalue weighted by atomic mass is 32.2. The predicted molar refractivity (Wildman–Crippen MR) is 74.1 cm³/mol. The Hall–Kier alpha value is -2.08. The maximum absolute atomic E-state index is 12.2. The second-order valence-corrected chi connectivity index (χ2v) is 6.56. The van der Waals surface area contributed by atoms with Gasteiger partial charge in [-0.2, -0.15) is 0 Å². The molecule has 2 aromatic rings. The van der Waals surface area contributed by atoms with Gasteiger partial charge >= 0.3 is 0 Å². The number of amides is 1. The van der Waals surface area contributed by atoms with Crippen molar-refractivity contribution < 1.29 is 17.6 Å². The fourth-order valence-corrected chi connectivity index (χ4v) is 2.46. The van der Waals surface area contributed by atoms with Crippen LogP contribution in [0.3, 0.4) is 0 Å². The number of carbonyl (C=O) groups is 1. The molecule has 0 unspecified atom stereocenters. The lowest BCUT2D eigenvalue weighted by atomic mass is 10.2. The first kappa shape index (κ1) is 14.3. The first-order valence-corrected chi connectivity index (χ1v) is 7.85. The molecule has 0 saturated carbocycles. The van der Waals surface area contributed by atoms with Crippen molar-refractivity contribution in [2.24, 2.45) is 0 Å². The van der Waals surface area contributed by atoms with Gasteiger partial charge in [-0.3, -0.25) is 4.79 Å². The molecule has 0 aliphatic carbocycles. The average Bonchev–Trinajstić information content (AvgIpc) is 2.90. The smallest absolute Gasteiger partial charge is 0.254 e. The molecule has 1 heterocycles. The Bertz CT molecular complexity index is 705. The summed E-state index contributed by atoms with van der Waals surface area (Å²) >= 11 is 0. The Labute approximate surface area is 117 Å². The summed E-state index contributed by atoms with van der Waals surface area (Å²) in [5.41, 5.74) is 0.335. The van der Waals surface area contributed by atoms with E-state index >= 15 is 0 Å². The zero-order chi connectivity index (χ0) is 14.8. The highest BCUT2D eigenvalue weighted by Gasteiger charge is 2.15. The topological polar surface area (TPSA) is 67.6 Å². The van der Waals surface area contributed by atoms with E-state index in [2.05, 4.69) is 0 Å². The number of rotatable bonds is 4. The molecule has 0 fully saturated rings. The van der Waals surface area contributed by atoms with Gasteiger partial charge in [0.25, 0.3) is 5.91 Å². The van der Waals surface area contributed by atoms with Gasteiger partial charge in [-0.25, -0.2) is 8.42 Å². The molecule has 0 aliphatic heterocycles. The second-order valence-electron chi connectivity index (χ2n) is 4.54. The summed E-state index contributed by atoms with van der Waals surface area (Å²) in [5.74, 6) is 0.409. The van der Waals surface area contributed by atoms with Crippen LogP contribution in [0.5, 0.6) is 0 Å². The Balaban J connectivity index is 2.21. The molecule has 0 atom stereocenters. The van der Waals surface area contributed by atoms with Crippen LogP contribution in [0.1, 0.15) is 16.1 Å². The van der Waals surface area contributed by atoms with Crippen molar-refractivity contribution in [3.05, 3.63) is 54.0 Å². The Morgan fingerprint density at radius 1 is 1.25 bits per heavy atom. The van der Waals surface area contributed by atoms with Crippen LogP contribution in [-0.2, 0) is 16.4 Å². The molecule has 1 amide bonds. The maximum atomic E-state index is 12.2. The fourth-order valence-electron chi connectivity index (χ4n) is 1.79. The minimum atomic E-state index is -3.32. The van der Waals surface area contributed by atoms with Crippen LogP contribution >= 0.6 is 0 Å². The molecule has 6 heteroatoms. The third-order valence-electron chi connectivity index (χ3n) is 2.83. The van der Waals surface area contributed by atoms with Crippen molar-refractivity contribution in [1.29, 1.82) is 0 Å². The van der Waals surface area contributed by atoms with Gasteiger partial charge in [0.1, 0.15) is 5.76 Å². The van der Waals surface area contributed by atoms with Crippen molar-refractivity contribution >= 4 is 15.7 Å². The largest absolute Gasteiger partial charge is 0.467 e. The van der Waals surface area contributed by atoms with Gasteiger partial charge < -0.3 is 9.32 Å². The fraction of sp³-hybridized carbons (Fsp3) is 0.214. The van der Waals surface area contributed by atoms with E-state index in [0.717, 1.165) is 6.26 Å². The maximum Gasteiger partial charge on any atom is 0.254 e. The van der Waals surface area contributed by atoms with Crippen molar-refractivity contribution in [1.82, 2.24) is 4.90 Å². The first-order valence-electron chi connectivity index (χ1n) is 5.96. The molecule has 0 spiro atoms. The standard InChI is InChI=1S/C14H15NO4S/c1-15(10-12-6-4-8-19-12)14(16)11-5-3-7-13(9-11)20(2,17)18/h3-9H,10H2,1-2H3. The van der Waals surface area contributed by atoms with E-state index in [1.54, 1.807) is 31.3 Å². The minimum Gasteiger partial charge on any atom is -0.467 e. The molecule has 0 radical (unpaired) electrons. The zero-order valence-electron chi connectivity index (χ0n) is 11.2. The van der Waals surface area contributed by atoms with Gasteiger partial charge in [0, 0.05) is 18.9 Å². The normalized spacial score (nSPS) is 11.3. The van der Waals surface area contributed by atoms with Crippen molar-refractivity contribution in [3.63, 3.8) is 0 Å². The molecule has 1 aromatic heterocycles. The molecule has 20 heavy (non-hydrogen) atoms. The van der Waals surface area contributed by atoms with E-state index in [1.165, 1.54) is 23.3 Å². The SMILES string of the molecule is CN(Cc1ccco1)C(=O)c1cccc(S(C)(=O)=O)c1. The number of nitrogens with zero attached hydrogens (tertiary/aromatic N) is 1. The van der Waals surface area contributed by atoms with Gasteiger partial charge in [-0.15, -0.1) is 0 Å². The van der Waals surface area contributed by atoms with Crippen LogP contribution in [0.25, 0.3) is 0 Å². The number of benzene rings is 1. The average molecular weight is 293 g/mol. The van der Waals surface area contributed by atoms with Gasteiger partial charge in [0.2, 0.25) is 0 Å². The molecule has 5 nitrogen and oxygen atoms in total. The van der Waals surface area contributed by atoms with Crippen LogP contribution < -0.4 is 0 Å². The molecule has 1 aromatic carbocycles. The van der Waals surface area contributed by atoms with Gasteiger partial charge in [0.15, 0.2) is 9.84 Å². The first-order chi connectivity index (χ1) is 9.38. The lowest BCUT2D eigenvalue weighted by Crippen LogP contribution is -2.26. The van der Waals surface area contributed by atoms with Gasteiger partial charge in [-0.05, 0) is 30.3 Å². The lowest BCUT2D eigenvalue weighted by Gasteiger charge is -2.16. The molecular formula is C14H15NO4S. The van der Waals surface area contributed by atoms with E-state index in [4.69, 9.17) is 4.42 Å². The zero-order valence-corrected chi connectivity index (χ0v) is 12.1. The van der Waals surface area contributed by atoms with Gasteiger partial charge in [-0.1, -0.05) is 6.07 Å². The van der Waals surface area contributed by atoms with E-state index in [9.17, 15) is 13.2 Å². The lowest BCUT2D eigenvalue weighted by molar-refractivity contribution is 0.0775. The van der Waals surface area contributed by atoms with E-state index in [1.807, 2.05) is 0 Å². The van der Waals surface area contributed by atoms with E-state index in [0.29, 0.717) is 17.9 Å². The molecule has 0 aliphatic rings. The second kappa shape index (κ2) is 5.50. The number of furan rings is 1. The van der Waals surface area contributed by atoms with Crippen molar-refractivity contribution in [2.45, 2.75) is 11.4 Å². The van der Waals surface area contributed by atoms with Crippen LogP contribution in [0, 0.1) is 0 Å². The van der Waals surface area contributed by atoms with Crippen molar-refractivity contribution in [2.75, 3.05) is 13.3 Å². The van der Waals surface area contributed by atoms with E-state index in [-0.39, 0.29) is 10.8 Å². The molecule has 0 N–H and O–H groups in total. The van der Waals surface area contributed by atoms with Crippen molar-refractivity contribution in [3.8, 4) is 0 Å². The molecule has 0 saturated heterocycles. The molecule has 0 bridgehead atoms. The summed E-state index contributed by atoms with van der Waals surface area (Å²) in [7, 11) is -1.69.